The van der Waals surface area contributed by atoms with Crippen LogP contribution in [0.2, 0.25) is 0 Å². The van der Waals surface area contributed by atoms with Crippen LogP contribution in [-0.2, 0) is 4.74 Å². The van der Waals surface area contributed by atoms with Gasteiger partial charge in [-0.25, -0.2) is 4.79 Å². The van der Waals surface area contributed by atoms with Crippen molar-refractivity contribution in [3.05, 3.63) is 0 Å². The van der Waals surface area contributed by atoms with Crippen molar-refractivity contribution in [1.82, 2.24) is 0 Å². The fourth-order valence-corrected chi connectivity index (χ4v) is 1.10. The molecule has 0 aromatic heterocycles. The lowest BCUT2D eigenvalue weighted by Crippen LogP contribution is -1.95. The Balaban J connectivity index is 3.06. The Bertz CT molecular complexity index is 85.0. The molecule has 4 heteroatoms. The summed E-state index contributed by atoms with van der Waals surface area (Å²) in [5.74, 6) is 0. The molecule has 0 spiro atoms. The second kappa shape index (κ2) is 6.29. The van der Waals surface area contributed by atoms with Crippen molar-refractivity contribution in [2.75, 3.05) is 12.9 Å². The molecule has 0 bridgehead atoms. The summed E-state index contributed by atoms with van der Waals surface area (Å²) >= 11 is 0. The highest BCUT2D eigenvalue weighted by molar-refractivity contribution is 8.81. The Labute approximate surface area is 63.1 Å². The van der Waals surface area contributed by atoms with Gasteiger partial charge in [0.05, 0.1) is 6.61 Å². The summed E-state index contributed by atoms with van der Waals surface area (Å²) in [5, 5.41) is -0.190. The first-order chi connectivity index (χ1) is 4.31. The lowest BCUT2D eigenvalue weighted by molar-refractivity contribution is 0.175. The highest BCUT2D eigenvalue weighted by Gasteiger charge is 1.98. The molecule has 0 aliphatic rings. The first kappa shape index (κ1) is 9.17. The first-order valence-corrected chi connectivity index (χ1v) is 5.24. The Morgan fingerprint density at radius 3 is 2.78 bits per heavy atom. The van der Waals surface area contributed by atoms with Crippen molar-refractivity contribution in [3.8, 4) is 0 Å². The quantitative estimate of drug-likeness (QED) is 0.475. The predicted molar refractivity (Wildman–Crippen MR) is 42.7 cm³/mol. The molecule has 0 rings (SSSR count). The van der Waals surface area contributed by atoms with Crippen LogP contribution in [0, 0.1) is 0 Å². The normalized spacial score (nSPS) is 9.11. The van der Waals surface area contributed by atoms with Crippen molar-refractivity contribution in [3.63, 3.8) is 0 Å². The van der Waals surface area contributed by atoms with E-state index in [-0.39, 0.29) is 5.30 Å². The van der Waals surface area contributed by atoms with Gasteiger partial charge in [0.15, 0.2) is 0 Å². The third kappa shape index (κ3) is 6.05. The van der Waals surface area contributed by atoms with E-state index in [1.807, 2.05) is 13.2 Å². The maximum Gasteiger partial charge on any atom is 0.378 e. The zero-order valence-electron chi connectivity index (χ0n) is 5.55. The van der Waals surface area contributed by atoms with Crippen LogP contribution in [0.5, 0.6) is 0 Å². The monoisotopic (exact) mass is 166 g/mol. The minimum Gasteiger partial charge on any atom is -0.457 e. The number of ether oxygens (including phenoxy) is 1. The van der Waals surface area contributed by atoms with Crippen LogP contribution in [-0.4, -0.2) is 18.2 Å². The van der Waals surface area contributed by atoms with Gasteiger partial charge in [-0.15, -0.1) is 0 Å². The molecule has 0 radical (unpaired) electrons. The topological polar surface area (TPSA) is 26.3 Å². The van der Waals surface area contributed by atoms with Crippen molar-refractivity contribution in [1.29, 1.82) is 0 Å². The van der Waals surface area contributed by atoms with E-state index in [1.165, 1.54) is 10.8 Å². The smallest absolute Gasteiger partial charge is 0.378 e. The molecule has 0 saturated heterocycles. The summed E-state index contributed by atoms with van der Waals surface area (Å²) in [6.07, 6.45) is 2.73. The number of carbonyl (C=O) groups excluding carboxylic acids is 1. The standard InChI is InChI=1S/C5H10O2S2/c1-3-4-7-5(6)9-8-2/h3-4H2,1-2H3. The molecule has 0 aromatic rings. The zero-order chi connectivity index (χ0) is 7.11. The molecule has 0 heterocycles. The molecular weight excluding hydrogens is 156 g/mol. The molecule has 0 aliphatic carbocycles. The molecule has 0 aliphatic heterocycles. The molecule has 0 amide bonds. The predicted octanol–water partition coefficient (Wildman–Crippen LogP) is 2.54. The fraction of sp³-hybridized carbons (Fsp3) is 0.800. The Morgan fingerprint density at radius 2 is 2.33 bits per heavy atom. The van der Waals surface area contributed by atoms with Crippen LogP contribution in [0.4, 0.5) is 4.79 Å². The highest BCUT2D eigenvalue weighted by Crippen LogP contribution is 2.19. The Hall–Kier alpha value is 0.170. The van der Waals surface area contributed by atoms with Gasteiger partial charge in [0.2, 0.25) is 0 Å². The minimum atomic E-state index is -0.190. The molecule has 54 valence electrons. The molecule has 0 saturated carbocycles. The van der Waals surface area contributed by atoms with Crippen LogP contribution < -0.4 is 0 Å². The van der Waals surface area contributed by atoms with Crippen LogP contribution in [0.25, 0.3) is 0 Å². The first-order valence-electron chi connectivity index (χ1n) is 2.68. The van der Waals surface area contributed by atoms with Gasteiger partial charge in [-0.1, -0.05) is 17.7 Å². The number of rotatable bonds is 3. The van der Waals surface area contributed by atoms with Gasteiger partial charge in [0.1, 0.15) is 0 Å². The van der Waals surface area contributed by atoms with Crippen LogP contribution >= 0.6 is 21.6 Å². The summed E-state index contributed by atoms with van der Waals surface area (Å²) in [6.45, 7) is 2.50. The number of hydrogen-bond donors (Lipinski definition) is 0. The maximum absolute atomic E-state index is 10.5. The van der Waals surface area contributed by atoms with E-state index in [2.05, 4.69) is 0 Å². The molecule has 0 aromatic carbocycles. The third-order valence-electron chi connectivity index (χ3n) is 0.575. The summed E-state index contributed by atoms with van der Waals surface area (Å²) in [4.78, 5) is 10.5. The number of hydrogen-bond acceptors (Lipinski definition) is 4. The Morgan fingerprint density at radius 1 is 1.67 bits per heavy atom. The largest absolute Gasteiger partial charge is 0.457 e. The van der Waals surface area contributed by atoms with Gasteiger partial charge in [-0.3, -0.25) is 0 Å². The minimum absolute atomic E-state index is 0.190. The van der Waals surface area contributed by atoms with Crippen LogP contribution in [0.3, 0.4) is 0 Å². The fourth-order valence-electron chi connectivity index (χ4n) is 0.277. The summed E-state index contributed by atoms with van der Waals surface area (Å²) < 4.78 is 4.73. The SMILES string of the molecule is CCCOC(=O)SSC. The second-order valence-corrected chi connectivity index (χ2v) is 3.68. The molecule has 9 heavy (non-hydrogen) atoms. The lowest BCUT2D eigenvalue weighted by atomic mass is 10.5. The van der Waals surface area contributed by atoms with Gasteiger partial charge in [0, 0.05) is 10.8 Å². The van der Waals surface area contributed by atoms with Crippen LogP contribution in [0.15, 0.2) is 0 Å². The van der Waals surface area contributed by atoms with Crippen molar-refractivity contribution in [2.24, 2.45) is 0 Å². The highest BCUT2D eigenvalue weighted by atomic mass is 33.1. The second-order valence-electron chi connectivity index (χ2n) is 1.35. The lowest BCUT2D eigenvalue weighted by Gasteiger charge is -1.97. The third-order valence-corrected chi connectivity index (χ3v) is 1.90. The zero-order valence-corrected chi connectivity index (χ0v) is 7.18. The molecule has 2 nitrogen and oxygen atoms in total. The van der Waals surface area contributed by atoms with Gasteiger partial charge in [0.25, 0.3) is 0 Å². The van der Waals surface area contributed by atoms with Crippen molar-refractivity contribution >= 4 is 26.9 Å². The molecular formula is C5H10O2S2. The van der Waals surface area contributed by atoms with Gasteiger partial charge in [-0.2, -0.15) is 0 Å². The van der Waals surface area contributed by atoms with E-state index in [0.717, 1.165) is 17.2 Å². The van der Waals surface area contributed by atoms with Crippen molar-refractivity contribution in [2.45, 2.75) is 13.3 Å². The van der Waals surface area contributed by atoms with Crippen molar-refractivity contribution < 1.29 is 9.53 Å². The van der Waals surface area contributed by atoms with Gasteiger partial charge < -0.3 is 4.74 Å². The van der Waals surface area contributed by atoms with E-state index in [1.54, 1.807) is 0 Å². The molecule has 0 unspecified atom stereocenters. The molecule has 0 fully saturated rings. The average molecular weight is 166 g/mol. The molecule has 0 N–H and O–H groups in total. The van der Waals surface area contributed by atoms with Gasteiger partial charge >= 0.3 is 5.30 Å². The summed E-state index contributed by atoms with van der Waals surface area (Å²) in [6, 6.07) is 0. The van der Waals surface area contributed by atoms with Crippen LogP contribution in [0.1, 0.15) is 13.3 Å². The average Bonchev–Trinajstić information content (AvgIpc) is 1.85. The van der Waals surface area contributed by atoms with E-state index in [9.17, 15) is 4.79 Å². The van der Waals surface area contributed by atoms with E-state index in [0.29, 0.717) is 6.61 Å². The molecule has 0 atom stereocenters. The van der Waals surface area contributed by atoms with E-state index in [4.69, 9.17) is 4.74 Å². The Kier molecular flexibility index (Phi) is 6.41. The van der Waals surface area contributed by atoms with E-state index < -0.39 is 0 Å². The number of carbonyl (C=O) groups is 1. The summed E-state index contributed by atoms with van der Waals surface area (Å²) in [5.41, 5.74) is 0. The maximum atomic E-state index is 10.5. The summed E-state index contributed by atoms with van der Waals surface area (Å²) in [7, 11) is 2.53. The van der Waals surface area contributed by atoms with E-state index >= 15 is 0 Å². The van der Waals surface area contributed by atoms with Gasteiger partial charge in [-0.05, 0) is 12.7 Å².